The number of hydrogen-bond donors (Lipinski definition) is 1. The highest BCUT2D eigenvalue weighted by atomic mass is 35.5. The maximum absolute atomic E-state index is 12.2. The first kappa shape index (κ1) is 15.9. The average Bonchev–Trinajstić information content (AvgIpc) is 2.39. The van der Waals surface area contributed by atoms with E-state index in [1.54, 1.807) is 6.07 Å². The van der Waals surface area contributed by atoms with Crippen LogP contribution in [0.25, 0.3) is 0 Å². The van der Waals surface area contributed by atoms with Crippen LogP contribution < -0.4 is 4.74 Å². The van der Waals surface area contributed by atoms with Crippen LogP contribution in [0.5, 0.6) is 5.75 Å². The molecule has 21 heavy (non-hydrogen) atoms. The van der Waals surface area contributed by atoms with Gasteiger partial charge in [0.1, 0.15) is 11.9 Å². The topological polar surface area (TPSA) is 29.5 Å². The lowest BCUT2D eigenvalue weighted by Crippen LogP contribution is -2.17. The molecular weight excluding hydrogens is 328 g/mol. The lowest BCUT2D eigenvalue weighted by molar-refractivity contribution is -0.274. The first-order chi connectivity index (χ1) is 9.76. The number of ether oxygens (including phenoxy) is 1. The Labute approximate surface area is 128 Å². The van der Waals surface area contributed by atoms with Crippen molar-refractivity contribution in [1.82, 2.24) is 0 Å². The van der Waals surface area contributed by atoms with E-state index in [9.17, 15) is 18.3 Å². The lowest BCUT2D eigenvalue weighted by Gasteiger charge is -2.15. The molecule has 2 aromatic rings. The molecule has 0 spiro atoms. The second-order valence-electron chi connectivity index (χ2n) is 4.19. The van der Waals surface area contributed by atoms with Crippen LogP contribution in [0, 0.1) is 0 Å². The van der Waals surface area contributed by atoms with Crippen LogP contribution in [0.15, 0.2) is 42.5 Å². The van der Waals surface area contributed by atoms with Gasteiger partial charge in [-0.1, -0.05) is 35.3 Å². The number of rotatable bonds is 3. The van der Waals surface area contributed by atoms with Gasteiger partial charge in [-0.2, -0.15) is 0 Å². The Morgan fingerprint density at radius 1 is 1.05 bits per heavy atom. The normalized spacial score (nSPS) is 13.0. The van der Waals surface area contributed by atoms with Crippen LogP contribution in [-0.2, 0) is 0 Å². The van der Waals surface area contributed by atoms with E-state index in [1.165, 1.54) is 24.3 Å². The molecule has 7 heteroatoms. The van der Waals surface area contributed by atoms with Gasteiger partial charge in [-0.25, -0.2) is 0 Å². The van der Waals surface area contributed by atoms with Gasteiger partial charge in [-0.15, -0.1) is 13.2 Å². The van der Waals surface area contributed by atoms with Crippen molar-refractivity contribution in [3.05, 3.63) is 63.6 Å². The molecule has 0 radical (unpaired) electrons. The van der Waals surface area contributed by atoms with Crippen LogP contribution >= 0.6 is 23.2 Å². The zero-order valence-electron chi connectivity index (χ0n) is 10.4. The van der Waals surface area contributed by atoms with E-state index in [-0.39, 0.29) is 10.6 Å². The zero-order valence-corrected chi connectivity index (χ0v) is 11.9. The number of halogens is 5. The molecule has 112 valence electrons. The van der Waals surface area contributed by atoms with Crippen molar-refractivity contribution in [2.75, 3.05) is 0 Å². The smallest absolute Gasteiger partial charge is 0.406 e. The number of hydrogen-bond acceptors (Lipinski definition) is 2. The van der Waals surface area contributed by atoms with Crippen molar-refractivity contribution >= 4 is 23.2 Å². The number of benzene rings is 2. The highest BCUT2D eigenvalue weighted by Crippen LogP contribution is 2.32. The molecule has 2 nitrogen and oxygen atoms in total. The van der Waals surface area contributed by atoms with E-state index in [2.05, 4.69) is 4.74 Å². The quantitative estimate of drug-likeness (QED) is 0.857. The van der Waals surface area contributed by atoms with E-state index in [4.69, 9.17) is 23.2 Å². The summed E-state index contributed by atoms with van der Waals surface area (Å²) in [5.41, 5.74) is 0.509. The predicted molar refractivity (Wildman–Crippen MR) is 73.6 cm³/mol. The Morgan fingerprint density at radius 2 is 1.76 bits per heavy atom. The minimum atomic E-state index is -4.79. The van der Waals surface area contributed by atoms with Crippen molar-refractivity contribution in [2.45, 2.75) is 12.5 Å². The average molecular weight is 337 g/mol. The lowest BCUT2D eigenvalue weighted by atomic mass is 10.0. The molecule has 1 N–H and O–H groups in total. The second kappa shape index (κ2) is 6.13. The fourth-order valence-electron chi connectivity index (χ4n) is 1.79. The van der Waals surface area contributed by atoms with Gasteiger partial charge < -0.3 is 9.84 Å². The minimum absolute atomic E-state index is 0.209. The highest BCUT2D eigenvalue weighted by molar-refractivity contribution is 6.33. The van der Waals surface area contributed by atoms with Gasteiger partial charge in [-0.05, 0) is 35.9 Å². The van der Waals surface area contributed by atoms with Gasteiger partial charge in [0.2, 0.25) is 0 Å². The molecule has 1 atom stereocenters. The Kier molecular flexibility index (Phi) is 4.66. The molecular formula is C14H9Cl2F3O2. The van der Waals surface area contributed by atoms with Crippen molar-refractivity contribution in [1.29, 1.82) is 0 Å². The molecule has 0 fully saturated rings. The summed E-state index contributed by atoms with van der Waals surface area (Å²) < 4.78 is 40.4. The number of aliphatic hydroxyl groups excluding tert-OH is 1. The molecule has 0 heterocycles. The first-order valence-electron chi connectivity index (χ1n) is 5.75. The standard InChI is InChI=1S/C14H9Cl2F3O2/c15-9-4-5-12(16)11(7-9)13(20)8-2-1-3-10(6-8)21-14(17,18)19/h1-7,13,20H. The molecule has 0 saturated carbocycles. The summed E-state index contributed by atoms with van der Waals surface area (Å²) in [7, 11) is 0. The highest BCUT2D eigenvalue weighted by Gasteiger charge is 2.31. The van der Waals surface area contributed by atoms with Crippen molar-refractivity contribution in [3.63, 3.8) is 0 Å². The van der Waals surface area contributed by atoms with Crippen LogP contribution in [0.4, 0.5) is 13.2 Å². The number of alkyl halides is 3. The Balaban J connectivity index is 2.33. The molecule has 1 unspecified atom stereocenters. The van der Waals surface area contributed by atoms with Gasteiger partial charge in [0.25, 0.3) is 0 Å². The van der Waals surface area contributed by atoms with E-state index < -0.39 is 18.2 Å². The maximum Gasteiger partial charge on any atom is 0.573 e. The number of aliphatic hydroxyl groups is 1. The van der Waals surface area contributed by atoms with Gasteiger partial charge in [0.05, 0.1) is 0 Å². The summed E-state index contributed by atoms with van der Waals surface area (Å²) in [4.78, 5) is 0. The summed E-state index contributed by atoms with van der Waals surface area (Å²) in [6, 6.07) is 9.54. The Hall–Kier alpha value is -1.43. The van der Waals surface area contributed by atoms with Crippen LogP contribution in [-0.4, -0.2) is 11.5 Å². The van der Waals surface area contributed by atoms with E-state index in [0.717, 1.165) is 12.1 Å². The summed E-state index contributed by atoms with van der Waals surface area (Å²) in [5.74, 6) is -0.419. The van der Waals surface area contributed by atoms with Crippen molar-refractivity contribution < 1.29 is 23.0 Å². The van der Waals surface area contributed by atoms with E-state index in [0.29, 0.717) is 10.6 Å². The molecule has 0 aliphatic carbocycles. The Bertz CT molecular complexity index is 644. The molecule has 2 aromatic carbocycles. The molecule has 0 saturated heterocycles. The third kappa shape index (κ3) is 4.27. The van der Waals surface area contributed by atoms with Crippen LogP contribution in [0.1, 0.15) is 17.2 Å². The Morgan fingerprint density at radius 3 is 2.43 bits per heavy atom. The van der Waals surface area contributed by atoms with Crippen LogP contribution in [0.2, 0.25) is 10.0 Å². The minimum Gasteiger partial charge on any atom is -0.406 e. The summed E-state index contributed by atoms with van der Waals surface area (Å²) in [6.45, 7) is 0. The molecule has 0 amide bonds. The fraction of sp³-hybridized carbons (Fsp3) is 0.143. The molecule has 0 aliphatic rings. The zero-order chi connectivity index (χ0) is 15.6. The molecule has 2 rings (SSSR count). The monoisotopic (exact) mass is 336 g/mol. The van der Waals surface area contributed by atoms with Gasteiger partial charge in [-0.3, -0.25) is 0 Å². The first-order valence-corrected chi connectivity index (χ1v) is 6.50. The maximum atomic E-state index is 12.2. The fourth-order valence-corrected chi connectivity index (χ4v) is 2.19. The summed E-state index contributed by atoms with van der Waals surface area (Å²) in [6.07, 6.45) is -6.01. The largest absolute Gasteiger partial charge is 0.573 e. The second-order valence-corrected chi connectivity index (χ2v) is 5.03. The van der Waals surface area contributed by atoms with E-state index in [1.807, 2.05) is 0 Å². The van der Waals surface area contributed by atoms with E-state index >= 15 is 0 Å². The molecule has 0 aromatic heterocycles. The third-order valence-corrected chi connectivity index (χ3v) is 3.24. The third-order valence-electron chi connectivity index (χ3n) is 2.66. The van der Waals surface area contributed by atoms with Crippen molar-refractivity contribution in [3.8, 4) is 5.75 Å². The molecule has 0 aliphatic heterocycles. The van der Waals surface area contributed by atoms with Gasteiger partial charge in [0.15, 0.2) is 0 Å². The summed E-state index contributed by atoms with van der Waals surface area (Å²) >= 11 is 11.8. The summed E-state index contributed by atoms with van der Waals surface area (Å²) in [5, 5.41) is 10.9. The van der Waals surface area contributed by atoms with Crippen LogP contribution in [0.3, 0.4) is 0 Å². The van der Waals surface area contributed by atoms with Gasteiger partial charge in [0, 0.05) is 15.6 Å². The SMILES string of the molecule is OC(c1cccc(OC(F)(F)F)c1)c1cc(Cl)ccc1Cl. The predicted octanol–water partition coefficient (Wildman–Crippen LogP) is 4.97. The van der Waals surface area contributed by atoms with Crippen molar-refractivity contribution in [2.24, 2.45) is 0 Å². The molecule has 0 bridgehead atoms. The van der Waals surface area contributed by atoms with Gasteiger partial charge >= 0.3 is 6.36 Å².